The van der Waals surface area contributed by atoms with Gasteiger partial charge in [-0.25, -0.2) is 0 Å². The van der Waals surface area contributed by atoms with Gasteiger partial charge in [0.1, 0.15) is 0 Å². The molecule has 3 nitrogen and oxygen atoms in total. The smallest absolute Gasteiger partial charge is 0.168 e. The van der Waals surface area contributed by atoms with E-state index in [1.165, 1.54) is 11.1 Å². The van der Waals surface area contributed by atoms with Crippen molar-refractivity contribution >= 4 is 28.8 Å². The second-order valence-electron chi connectivity index (χ2n) is 5.53. The number of carbonyl (C=O) groups excluding carboxylic acids is 1. The third-order valence-electron chi connectivity index (χ3n) is 4.15. The van der Waals surface area contributed by atoms with Crippen LogP contribution in [0.4, 0.5) is 5.69 Å². The third kappa shape index (κ3) is 2.33. The molecule has 2 aromatic rings. The Labute approximate surface area is 133 Å². The number of anilines is 1. The quantitative estimate of drug-likeness (QED) is 0.937. The fourth-order valence-corrected chi connectivity index (χ4v) is 4.23. The van der Waals surface area contributed by atoms with Crippen molar-refractivity contribution < 1.29 is 4.79 Å². The van der Waals surface area contributed by atoms with Crippen LogP contribution in [0.15, 0.2) is 48.7 Å². The number of fused-ring (bicyclic) bond motifs is 3. The number of rotatable bonds is 3. The van der Waals surface area contributed by atoms with Crippen molar-refractivity contribution in [2.24, 2.45) is 0 Å². The Morgan fingerprint density at radius 1 is 1.23 bits per heavy atom. The van der Waals surface area contributed by atoms with Crippen LogP contribution in [0.5, 0.6) is 0 Å². The average Bonchev–Trinajstić information content (AvgIpc) is 3.02. The summed E-state index contributed by atoms with van der Waals surface area (Å²) in [6, 6.07) is 12.1. The number of thioether (sulfide) groups is 1. The van der Waals surface area contributed by atoms with E-state index in [-0.39, 0.29) is 5.78 Å². The van der Waals surface area contributed by atoms with E-state index >= 15 is 0 Å². The van der Waals surface area contributed by atoms with E-state index in [0.717, 1.165) is 22.7 Å². The standard InChI is InChI=1S/C18H16N2OS/c21-15-10-16-13(7-9-22-16)18-17(15)14(6-8-19-18)20-11-12-4-2-1-3-5-12/h1-8,16H,9-11H2,(H,19,20). The van der Waals surface area contributed by atoms with Crippen molar-refractivity contribution in [1.29, 1.82) is 0 Å². The van der Waals surface area contributed by atoms with Crippen LogP contribution in [0.2, 0.25) is 0 Å². The molecule has 1 unspecified atom stereocenters. The molecule has 1 aliphatic heterocycles. The number of ketones is 1. The van der Waals surface area contributed by atoms with Crippen molar-refractivity contribution in [1.82, 2.24) is 4.98 Å². The van der Waals surface area contributed by atoms with Crippen LogP contribution in [0, 0.1) is 0 Å². The number of nitrogens with one attached hydrogen (secondary N) is 1. The second-order valence-corrected chi connectivity index (χ2v) is 6.77. The van der Waals surface area contributed by atoms with E-state index in [9.17, 15) is 4.79 Å². The first-order valence-corrected chi connectivity index (χ1v) is 8.50. The van der Waals surface area contributed by atoms with Gasteiger partial charge in [-0.3, -0.25) is 9.78 Å². The summed E-state index contributed by atoms with van der Waals surface area (Å²) in [5.74, 6) is 1.19. The summed E-state index contributed by atoms with van der Waals surface area (Å²) in [6.45, 7) is 0.710. The first-order chi connectivity index (χ1) is 10.8. The highest BCUT2D eigenvalue weighted by atomic mass is 32.2. The van der Waals surface area contributed by atoms with Crippen LogP contribution in [0.3, 0.4) is 0 Å². The maximum absolute atomic E-state index is 12.5. The molecule has 4 rings (SSSR count). The summed E-state index contributed by atoms with van der Waals surface area (Å²) in [7, 11) is 0. The summed E-state index contributed by atoms with van der Waals surface area (Å²) >= 11 is 1.84. The van der Waals surface area contributed by atoms with E-state index in [1.54, 1.807) is 6.20 Å². The minimum Gasteiger partial charge on any atom is -0.380 e. The fraction of sp³-hybridized carbons (Fsp3) is 0.222. The van der Waals surface area contributed by atoms with E-state index in [4.69, 9.17) is 0 Å². The molecule has 0 spiro atoms. The van der Waals surface area contributed by atoms with E-state index in [1.807, 2.05) is 36.0 Å². The summed E-state index contributed by atoms with van der Waals surface area (Å²) in [5, 5.41) is 3.71. The van der Waals surface area contributed by atoms with Crippen LogP contribution < -0.4 is 5.32 Å². The first kappa shape index (κ1) is 13.6. The molecule has 1 N–H and O–H groups in total. The molecule has 0 bridgehead atoms. The number of carbonyl (C=O) groups is 1. The van der Waals surface area contributed by atoms with Gasteiger partial charge in [0.15, 0.2) is 5.78 Å². The van der Waals surface area contributed by atoms with Gasteiger partial charge in [0.05, 0.1) is 11.3 Å². The molecule has 22 heavy (non-hydrogen) atoms. The molecule has 0 amide bonds. The number of benzene rings is 1. The van der Waals surface area contributed by atoms with E-state index < -0.39 is 0 Å². The Hall–Kier alpha value is -2.07. The molecule has 2 heterocycles. The largest absolute Gasteiger partial charge is 0.380 e. The lowest BCUT2D eigenvalue weighted by Gasteiger charge is -2.24. The van der Waals surface area contributed by atoms with Crippen molar-refractivity contribution in [2.75, 3.05) is 11.1 Å². The average molecular weight is 308 g/mol. The van der Waals surface area contributed by atoms with Crippen LogP contribution in [-0.4, -0.2) is 21.8 Å². The number of aromatic nitrogens is 1. The number of hydrogen-bond donors (Lipinski definition) is 1. The van der Waals surface area contributed by atoms with Crippen molar-refractivity contribution in [3.8, 4) is 0 Å². The molecule has 1 aromatic carbocycles. The second kappa shape index (κ2) is 5.61. The molecule has 0 saturated carbocycles. The Morgan fingerprint density at radius 3 is 2.95 bits per heavy atom. The Morgan fingerprint density at radius 2 is 2.09 bits per heavy atom. The zero-order valence-electron chi connectivity index (χ0n) is 12.1. The summed E-state index contributed by atoms with van der Waals surface area (Å²) in [5.41, 5.74) is 4.98. The summed E-state index contributed by atoms with van der Waals surface area (Å²) in [6.07, 6.45) is 4.61. The highest BCUT2D eigenvalue weighted by Gasteiger charge is 2.34. The first-order valence-electron chi connectivity index (χ1n) is 7.45. The third-order valence-corrected chi connectivity index (χ3v) is 5.33. The lowest BCUT2D eigenvalue weighted by Crippen LogP contribution is -2.22. The monoisotopic (exact) mass is 308 g/mol. The van der Waals surface area contributed by atoms with Gasteiger partial charge in [0.25, 0.3) is 0 Å². The molecule has 1 atom stereocenters. The summed E-state index contributed by atoms with van der Waals surface area (Å²) < 4.78 is 0. The maximum Gasteiger partial charge on any atom is 0.168 e. The lowest BCUT2D eigenvalue weighted by molar-refractivity contribution is 0.0983. The summed E-state index contributed by atoms with van der Waals surface area (Å²) in [4.78, 5) is 17.0. The molecule has 1 aliphatic carbocycles. The van der Waals surface area contributed by atoms with Gasteiger partial charge in [-0.05, 0) is 17.2 Å². The van der Waals surface area contributed by atoms with Crippen LogP contribution in [-0.2, 0) is 6.54 Å². The van der Waals surface area contributed by atoms with Crippen LogP contribution in [0.1, 0.15) is 28.0 Å². The van der Waals surface area contributed by atoms with Gasteiger partial charge < -0.3 is 5.32 Å². The number of Topliss-reactive ketones (excluding diaryl/α,β-unsaturated/α-hetero) is 1. The number of nitrogens with zero attached hydrogens (tertiary/aromatic N) is 1. The zero-order valence-corrected chi connectivity index (χ0v) is 12.9. The molecule has 0 fully saturated rings. The maximum atomic E-state index is 12.5. The molecule has 1 aromatic heterocycles. The molecular weight excluding hydrogens is 292 g/mol. The highest BCUT2D eigenvalue weighted by molar-refractivity contribution is 8.00. The molecule has 0 radical (unpaired) electrons. The Kier molecular flexibility index (Phi) is 3.47. The van der Waals surface area contributed by atoms with Gasteiger partial charge in [-0.2, -0.15) is 0 Å². The Balaban J connectivity index is 1.67. The normalized spacial score (nSPS) is 19.4. The SMILES string of the molecule is O=C1CC2SCC=C2c2nccc(NCc3ccccc3)c21. The van der Waals surface area contributed by atoms with Gasteiger partial charge in [0.2, 0.25) is 0 Å². The van der Waals surface area contributed by atoms with Crippen molar-refractivity contribution in [3.05, 3.63) is 65.5 Å². The molecule has 0 saturated heterocycles. The Bertz CT molecular complexity index is 755. The lowest BCUT2D eigenvalue weighted by atomic mass is 9.89. The molecule has 110 valence electrons. The minimum absolute atomic E-state index is 0.204. The van der Waals surface area contributed by atoms with Gasteiger partial charge in [-0.1, -0.05) is 36.4 Å². The molecular formula is C18H16N2OS. The van der Waals surface area contributed by atoms with Crippen LogP contribution >= 0.6 is 11.8 Å². The topological polar surface area (TPSA) is 42.0 Å². The van der Waals surface area contributed by atoms with Gasteiger partial charge in [-0.15, -0.1) is 11.8 Å². The fourth-order valence-electron chi connectivity index (χ4n) is 3.07. The predicted molar refractivity (Wildman–Crippen MR) is 91.2 cm³/mol. The number of hydrogen-bond acceptors (Lipinski definition) is 4. The molecule has 4 heteroatoms. The highest BCUT2D eigenvalue weighted by Crippen LogP contribution is 2.43. The van der Waals surface area contributed by atoms with Crippen LogP contribution in [0.25, 0.3) is 5.57 Å². The number of pyridine rings is 1. The molecule has 2 aliphatic rings. The predicted octanol–water partition coefficient (Wildman–Crippen LogP) is 3.78. The van der Waals surface area contributed by atoms with Crippen molar-refractivity contribution in [2.45, 2.75) is 18.2 Å². The van der Waals surface area contributed by atoms with E-state index in [2.05, 4.69) is 28.5 Å². The van der Waals surface area contributed by atoms with Gasteiger partial charge in [0, 0.05) is 35.9 Å². The van der Waals surface area contributed by atoms with Crippen molar-refractivity contribution in [3.63, 3.8) is 0 Å². The van der Waals surface area contributed by atoms with Gasteiger partial charge >= 0.3 is 0 Å². The van der Waals surface area contributed by atoms with E-state index in [0.29, 0.717) is 18.2 Å². The zero-order chi connectivity index (χ0) is 14.9. The minimum atomic E-state index is 0.204.